The molecule has 0 aromatic heterocycles. The number of esters is 1. The van der Waals surface area contributed by atoms with Crippen LogP contribution in [-0.2, 0) is 4.74 Å². The Hall–Kier alpha value is -3.16. The summed E-state index contributed by atoms with van der Waals surface area (Å²) in [7, 11) is 0. The van der Waals surface area contributed by atoms with Gasteiger partial charge in [0.05, 0.1) is 23.8 Å². The fraction of sp³-hybridized carbons (Fsp3) is 0.240. The summed E-state index contributed by atoms with van der Waals surface area (Å²) in [4.78, 5) is 12.4. The van der Waals surface area contributed by atoms with Gasteiger partial charge >= 0.3 is 5.97 Å². The van der Waals surface area contributed by atoms with E-state index in [1.807, 2.05) is 6.92 Å². The first-order valence-electron chi connectivity index (χ1n) is 10.2. The van der Waals surface area contributed by atoms with Crippen LogP contribution in [0.25, 0.3) is 11.1 Å². The van der Waals surface area contributed by atoms with E-state index >= 15 is 0 Å². The lowest BCUT2D eigenvalue weighted by Crippen LogP contribution is -2.08. The molecule has 1 aliphatic heterocycles. The number of benzene rings is 3. The zero-order chi connectivity index (χ0) is 22.8. The van der Waals surface area contributed by atoms with Crippen molar-refractivity contribution in [3.8, 4) is 16.9 Å². The zero-order valence-corrected chi connectivity index (χ0v) is 17.2. The van der Waals surface area contributed by atoms with Gasteiger partial charge in [0.15, 0.2) is 0 Å². The highest BCUT2D eigenvalue weighted by atomic mass is 19.3. The van der Waals surface area contributed by atoms with Crippen LogP contribution in [-0.4, -0.2) is 17.7 Å². The molecule has 166 valence electrons. The third-order valence-electron chi connectivity index (χ3n) is 5.40. The standard InChI is InChI=1S/C25H21F3O4/c1-2-20(29)15-7-9-17(10-8-15)32-25(30)16-5-3-14(4-6-16)18-11-12-19(21-13-31-21)23(26)22(18)24(27)28/h3-12,20-21,24,29H,2,13H2,1H3. The molecule has 0 saturated carbocycles. The fourth-order valence-corrected chi connectivity index (χ4v) is 3.50. The van der Waals surface area contributed by atoms with Crippen molar-refractivity contribution in [2.45, 2.75) is 32.0 Å². The van der Waals surface area contributed by atoms with Gasteiger partial charge in [-0.15, -0.1) is 0 Å². The maximum absolute atomic E-state index is 14.7. The summed E-state index contributed by atoms with van der Waals surface area (Å²) in [5.74, 6) is -1.27. The number of carbonyl (C=O) groups is 1. The van der Waals surface area contributed by atoms with E-state index in [1.165, 1.54) is 36.4 Å². The van der Waals surface area contributed by atoms with Crippen molar-refractivity contribution >= 4 is 5.97 Å². The molecule has 1 heterocycles. The topological polar surface area (TPSA) is 59.1 Å². The van der Waals surface area contributed by atoms with E-state index in [0.29, 0.717) is 24.3 Å². The molecule has 4 nitrogen and oxygen atoms in total. The van der Waals surface area contributed by atoms with Crippen LogP contribution in [0.4, 0.5) is 13.2 Å². The number of ether oxygens (including phenoxy) is 2. The Morgan fingerprint density at radius 2 is 1.75 bits per heavy atom. The molecule has 2 atom stereocenters. The minimum absolute atomic E-state index is 0.0619. The number of rotatable bonds is 7. The summed E-state index contributed by atoms with van der Waals surface area (Å²) in [6.07, 6.45) is -3.48. The summed E-state index contributed by atoms with van der Waals surface area (Å²) in [5, 5.41) is 9.83. The van der Waals surface area contributed by atoms with Crippen LogP contribution >= 0.6 is 0 Å². The van der Waals surface area contributed by atoms with Gasteiger partial charge in [-0.25, -0.2) is 18.0 Å². The van der Waals surface area contributed by atoms with Gasteiger partial charge in [0.1, 0.15) is 17.7 Å². The van der Waals surface area contributed by atoms with E-state index in [9.17, 15) is 23.1 Å². The third-order valence-corrected chi connectivity index (χ3v) is 5.40. The monoisotopic (exact) mass is 442 g/mol. The van der Waals surface area contributed by atoms with Crippen molar-refractivity contribution in [3.63, 3.8) is 0 Å². The molecule has 0 spiro atoms. The molecule has 0 bridgehead atoms. The first kappa shape index (κ1) is 22.0. The lowest BCUT2D eigenvalue weighted by Gasteiger charge is -2.13. The smallest absolute Gasteiger partial charge is 0.343 e. The van der Waals surface area contributed by atoms with Crippen LogP contribution in [0.15, 0.2) is 60.7 Å². The zero-order valence-electron chi connectivity index (χ0n) is 17.2. The number of aliphatic hydroxyl groups excluding tert-OH is 1. The van der Waals surface area contributed by atoms with Crippen molar-refractivity contribution in [1.82, 2.24) is 0 Å². The molecule has 7 heteroatoms. The van der Waals surface area contributed by atoms with E-state index in [-0.39, 0.29) is 16.7 Å². The summed E-state index contributed by atoms with van der Waals surface area (Å²) < 4.78 is 52.2. The van der Waals surface area contributed by atoms with Crippen molar-refractivity contribution < 1.29 is 32.5 Å². The van der Waals surface area contributed by atoms with E-state index in [0.717, 1.165) is 5.56 Å². The average Bonchev–Trinajstić information content (AvgIpc) is 3.64. The van der Waals surface area contributed by atoms with E-state index in [1.54, 1.807) is 24.3 Å². The fourth-order valence-electron chi connectivity index (χ4n) is 3.50. The lowest BCUT2D eigenvalue weighted by atomic mass is 9.95. The Labute approximate surface area is 183 Å². The Bertz CT molecular complexity index is 1110. The second-order valence-corrected chi connectivity index (χ2v) is 7.51. The molecule has 0 amide bonds. The molecule has 0 radical (unpaired) electrons. The Morgan fingerprint density at radius 3 is 2.31 bits per heavy atom. The third kappa shape index (κ3) is 4.54. The van der Waals surface area contributed by atoms with Gasteiger partial charge in [-0.3, -0.25) is 0 Å². The van der Waals surface area contributed by atoms with Crippen molar-refractivity contribution in [2.75, 3.05) is 6.61 Å². The van der Waals surface area contributed by atoms with Crippen molar-refractivity contribution in [1.29, 1.82) is 0 Å². The molecule has 3 aromatic carbocycles. The van der Waals surface area contributed by atoms with Crippen LogP contribution in [0, 0.1) is 5.82 Å². The molecule has 32 heavy (non-hydrogen) atoms. The summed E-state index contributed by atoms with van der Waals surface area (Å²) in [5.41, 5.74) is 0.805. The molecule has 2 unspecified atom stereocenters. The van der Waals surface area contributed by atoms with Gasteiger partial charge in [0.25, 0.3) is 6.43 Å². The second-order valence-electron chi connectivity index (χ2n) is 7.51. The number of epoxide rings is 1. The maximum atomic E-state index is 14.7. The van der Waals surface area contributed by atoms with E-state index in [4.69, 9.17) is 9.47 Å². The first-order chi connectivity index (χ1) is 15.4. The van der Waals surface area contributed by atoms with Gasteiger partial charge in [0, 0.05) is 5.56 Å². The molecule has 4 rings (SSSR count). The van der Waals surface area contributed by atoms with Gasteiger partial charge in [-0.2, -0.15) is 0 Å². The second kappa shape index (κ2) is 9.14. The first-order valence-corrected chi connectivity index (χ1v) is 10.2. The molecule has 1 N–H and O–H groups in total. The Kier molecular flexibility index (Phi) is 6.30. The number of carbonyl (C=O) groups excluding carboxylic acids is 1. The number of aliphatic hydroxyl groups is 1. The van der Waals surface area contributed by atoms with Crippen LogP contribution < -0.4 is 4.74 Å². The molecule has 1 saturated heterocycles. The normalized spacial score (nSPS) is 16.1. The SMILES string of the molecule is CCC(O)c1ccc(OC(=O)c2ccc(-c3ccc(C4CO4)c(F)c3C(F)F)cc2)cc1. The van der Waals surface area contributed by atoms with Crippen LogP contribution in [0.1, 0.15) is 59.0 Å². The van der Waals surface area contributed by atoms with E-state index < -0.39 is 36.0 Å². The van der Waals surface area contributed by atoms with Crippen molar-refractivity contribution in [2.24, 2.45) is 0 Å². The predicted molar refractivity (Wildman–Crippen MR) is 112 cm³/mol. The van der Waals surface area contributed by atoms with Gasteiger partial charge in [-0.1, -0.05) is 43.3 Å². The minimum atomic E-state index is -3.00. The van der Waals surface area contributed by atoms with Crippen LogP contribution in [0.2, 0.25) is 0 Å². The highest BCUT2D eigenvalue weighted by Crippen LogP contribution is 2.40. The largest absolute Gasteiger partial charge is 0.423 e. The molecule has 3 aromatic rings. The van der Waals surface area contributed by atoms with Crippen LogP contribution in [0.5, 0.6) is 5.75 Å². The molecule has 1 aliphatic rings. The molecular formula is C25H21F3O4. The number of alkyl halides is 2. The summed E-state index contributed by atoms with van der Waals surface area (Å²) in [6, 6.07) is 15.3. The highest BCUT2D eigenvalue weighted by Gasteiger charge is 2.32. The van der Waals surface area contributed by atoms with E-state index in [2.05, 4.69) is 0 Å². The molecule has 0 aliphatic carbocycles. The van der Waals surface area contributed by atoms with Gasteiger partial charge < -0.3 is 14.6 Å². The van der Waals surface area contributed by atoms with Gasteiger partial charge in [0.2, 0.25) is 0 Å². The van der Waals surface area contributed by atoms with Gasteiger partial charge in [-0.05, 0) is 47.4 Å². The molecule has 1 fully saturated rings. The summed E-state index contributed by atoms with van der Waals surface area (Å²) >= 11 is 0. The number of hydrogen-bond acceptors (Lipinski definition) is 4. The maximum Gasteiger partial charge on any atom is 0.343 e. The predicted octanol–water partition coefficient (Wildman–Crippen LogP) is 6.16. The van der Waals surface area contributed by atoms with Crippen LogP contribution in [0.3, 0.4) is 0 Å². The number of hydrogen-bond donors (Lipinski definition) is 1. The Balaban J connectivity index is 1.53. The molecular weight excluding hydrogens is 421 g/mol. The van der Waals surface area contributed by atoms with Crippen molar-refractivity contribution in [3.05, 3.63) is 88.7 Å². The number of halogens is 3. The lowest BCUT2D eigenvalue weighted by molar-refractivity contribution is 0.0734. The average molecular weight is 442 g/mol. The minimum Gasteiger partial charge on any atom is -0.423 e. The quantitative estimate of drug-likeness (QED) is 0.270. The Morgan fingerprint density at radius 1 is 1.09 bits per heavy atom. The summed E-state index contributed by atoms with van der Waals surface area (Å²) in [6.45, 7) is 2.18. The highest BCUT2D eigenvalue weighted by molar-refractivity contribution is 5.91.